The first kappa shape index (κ1) is 29.9. The van der Waals surface area contributed by atoms with Crippen molar-refractivity contribution in [3.8, 4) is 44.5 Å². The summed E-state index contributed by atoms with van der Waals surface area (Å²) < 4.78 is 0. The fourth-order valence-electron chi connectivity index (χ4n) is 8.06. The van der Waals surface area contributed by atoms with Crippen LogP contribution in [0, 0.1) is 0 Å². The van der Waals surface area contributed by atoms with Gasteiger partial charge in [-0.1, -0.05) is 166 Å². The van der Waals surface area contributed by atoms with Gasteiger partial charge in [-0.25, -0.2) is 0 Å². The third-order valence-electron chi connectivity index (χ3n) is 10.4. The molecule has 0 N–H and O–H groups in total. The van der Waals surface area contributed by atoms with Crippen LogP contribution < -0.4 is 4.90 Å². The zero-order valence-electron chi connectivity index (χ0n) is 28.3. The van der Waals surface area contributed by atoms with Gasteiger partial charge in [-0.3, -0.25) is 0 Å². The molecule has 50 heavy (non-hydrogen) atoms. The Morgan fingerprint density at radius 3 is 1.68 bits per heavy atom. The predicted molar refractivity (Wildman–Crippen MR) is 213 cm³/mol. The van der Waals surface area contributed by atoms with E-state index in [-0.39, 0.29) is 5.41 Å². The van der Waals surface area contributed by atoms with Crippen LogP contribution in [0.1, 0.15) is 25.0 Å². The van der Waals surface area contributed by atoms with Crippen LogP contribution in [0.25, 0.3) is 55.3 Å². The molecule has 1 aliphatic rings. The van der Waals surface area contributed by atoms with E-state index in [2.05, 4.69) is 207 Å². The maximum atomic E-state index is 2.50. The molecule has 0 aliphatic heterocycles. The molecule has 8 aromatic rings. The molecule has 0 spiro atoms. The van der Waals surface area contributed by atoms with E-state index in [0.717, 1.165) is 11.4 Å². The van der Waals surface area contributed by atoms with E-state index in [4.69, 9.17) is 0 Å². The lowest BCUT2D eigenvalue weighted by Crippen LogP contribution is -2.20. The second-order valence-electron chi connectivity index (χ2n) is 13.8. The molecule has 0 radical (unpaired) electrons. The summed E-state index contributed by atoms with van der Waals surface area (Å²) in [7, 11) is 0. The van der Waals surface area contributed by atoms with Gasteiger partial charge in [-0.05, 0) is 103 Å². The molecule has 0 amide bonds. The van der Waals surface area contributed by atoms with Crippen molar-refractivity contribution < 1.29 is 0 Å². The van der Waals surface area contributed by atoms with Crippen molar-refractivity contribution in [2.24, 2.45) is 0 Å². The van der Waals surface area contributed by atoms with Crippen LogP contribution in [-0.4, -0.2) is 0 Å². The van der Waals surface area contributed by atoms with Gasteiger partial charge in [0.25, 0.3) is 0 Å². The second kappa shape index (κ2) is 12.1. The van der Waals surface area contributed by atoms with Crippen LogP contribution in [0.2, 0.25) is 0 Å². The normalized spacial score (nSPS) is 12.8. The van der Waals surface area contributed by atoms with Crippen molar-refractivity contribution in [2.45, 2.75) is 19.3 Å². The van der Waals surface area contributed by atoms with Crippen LogP contribution in [0.3, 0.4) is 0 Å². The van der Waals surface area contributed by atoms with E-state index >= 15 is 0 Å². The molecule has 8 aromatic carbocycles. The van der Waals surface area contributed by atoms with Crippen LogP contribution in [-0.2, 0) is 5.41 Å². The van der Waals surface area contributed by atoms with Gasteiger partial charge < -0.3 is 4.90 Å². The molecular formula is C49H37N. The molecule has 1 aliphatic carbocycles. The molecule has 9 rings (SSSR count). The van der Waals surface area contributed by atoms with Crippen molar-refractivity contribution >= 4 is 27.8 Å². The Morgan fingerprint density at radius 2 is 0.920 bits per heavy atom. The number of nitrogens with zero attached hydrogens (tertiary/aromatic N) is 1. The van der Waals surface area contributed by atoms with Gasteiger partial charge in [0.1, 0.15) is 0 Å². The van der Waals surface area contributed by atoms with Gasteiger partial charge in [0.2, 0.25) is 0 Å². The third kappa shape index (κ3) is 5.02. The third-order valence-corrected chi connectivity index (χ3v) is 10.4. The number of anilines is 3. The summed E-state index contributed by atoms with van der Waals surface area (Å²) in [6.45, 7) is 4.75. The summed E-state index contributed by atoms with van der Waals surface area (Å²) in [5.41, 5.74) is 15.8. The fraction of sp³-hybridized carbons (Fsp3) is 0.0612. The maximum Gasteiger partial charge on any atom is 0.0508 e. The van der Waals surface area contributed by atoms with E-state index in [1.807, 2.05) is 0 Å². The highest BCUT2D eigenvalue weighted by Crippen LogP contribution is 2.54. The molecule has 0 saturated carbocycles. The van der Waals surface area contributed by atoms with E-state index in [9.17, 15) is 0 Å². The summed E-state index contributed by atoms with van der Waals surface area (Å²) >= 11 is 0. The first-order valence-corrected chi connectivity index (χ1v) is 17.4. The van der Waals surface area contributed by atoms with E-state index < -0.39 is 0 Å². The largest absolute Gasteiger partial charge is 0.310 e. The van der Waals surface area contributed by atoms with Crippen LogP contribution in [0.5, 0.6) is 0 Å². The molecule has 0 atom stereocenters. The SMILES string of the molecule is CC1(C)c2ccccc2-c2cccc(N(c3cc(-c4ccccc4)cc(-c4ccccc4)c3)c3cccc(-c4cccc5ccccc45)c3)c21. The summed E-state index contributed by atoms with van der Waals surface area (Å²) in [6.07, 6.45) is 0. The zero-order valence-corrected chi connectivity index (χ0v) is 28.3. The average molecular weight is 640 g/mol. The Morgan fingerprint density at radius 1 is 0.380 bits per heavy atom. The van der Waals surface area contributed by atoms with Gasteiger partial charge in [-0.2, -0.15) is 0 Å². The number of hydrogen-bond acceptors (Lipinski definition) is 1. The summed E-state index contributed by atoms with van der Waals surface area (Å²) in [6, 6.07) is 68.7. The van der Waals surface area contributed by atoms with Crippen molar-refractivity contribution in [3.63, 3.8) is 0 Å². The van der Waals surface area contributed by atoms with Crippen molar-refractivity contribution in [2.75, 3.05) is 4.90 Å². The van der Waals surface area contributed by atoms with Gasteiger partial charge in [0.05, 0.1) is 5.69 Å². The maximum absolute atomic E-state index is 2.50. The molecule has 0 aromatic heterocycles. The lowest BCUT2D eigenvalue weighted by molar-refractivity contribution is 0.661. The van der Waals surface area contributed by atoms with Crippen molar-refractivity contribution in [1.82, 2.24) is 0 Å². The highest BCUT2D eigenvalue weighted by molar-refractivity contribution is 5.98. The van der Waals surface area contributed by atoms with E-state index in [1.54, 1.807) is 0 Å². The minimum absolute atomic E-state index is 0.187. The molecule has 0 bridgehead atoms. The molecular weight excluding hydrogens is 603 g/mol. The van der Waals surface area contributed by atoms with Crippen LogP contribution in [0.15, 0.2) is 188 Å². The minimum atomic E-state index is -0.187. The minimum Gasteiger partial charge on any atom is -0.310 e. The number of hydrogen-bond donors (Lipinski definition) is 0. The van der Waals surface area contributed by atoms with Crippen LogP contribution in [0.4, 0.5) is 17.1 Å². The van der Waals surface area contributed by atoms with Gasteiger partial charge in [-0.15, -0.1) is 0 Å². The summed E-state index contributed by atoms with van der Waals surface area (Å²) in [4.78, 5) is 2.50. The molecule has 0 heterocycles. The molecule has 1 nitrogen and oxygen atoms in total. The van der Waals surface area contributed by atoms with Gasteiger partial charge in [0, 0.05) is 16.8 Å². The smallest absolute Gasteiger partial charge is 0.0508 e. The Bertz CT molecular complexity index is 2450. The van der Waals surface area contributed by atoms with E-state index in [1.165, 1.54) is 72.1 Å². The lowest BCUT2D eigenvalue weighted by atomic mass is 9.81. The standard InChI is InChI=1S/C49H37N/c1-49(2)46-28-12-11-25-44(46)45-27-15-29-47(48(45)49)50(40-23-13-22-37(31-40)43-26-14-21-36-20-9-10-24-42(36)43)41-32-38(34-16-5-3-6-17-34)30-39(33-41)35-18-7-4-8-19-35/h3-33H,1-2H3. The number of fused-ring (bicyclic) bond motifs is 4. The zero-order chi connectivity index (χ0) is 33.7. The number of benzene rings is 8. The highest BCUT2D eigenvalue weighted by Gasteiger charge is 2.38. The molecule has 0 fully saturated rings. The summed E-state index contributed by atoms with van der Waals surface area (Å²) in [5, 5.41) is 2.50. The lowest BCUT2D eigenvalue weighted by Gasteiger charge is -2.33. The first-order chi connectivity index (χ1) is 24.6. The average Bonchev–Trinajstić information content (AvgIpc) is 3.42. The Hall–Kier alpha value is -6.18. The highest BCUT2D eigenvalue weighted by atomic mass is 15.1. The quantitative estimate of drug-likeness (QED) is 0.175. The second-order valence-corrected chi connectivity index (χ2v) is 13.8. The van der Waals surface area contributed by atoms with Crippen molar-refractivity contribution in [3.05, 3.63) is 199 Å². The molecule has 0 saturated heterocycles. The topological polar surface area (TPSA) is 3.24 Å². The summed E-state index contributed by atoms with van der Waals surface area (Å²) in [5.74, 6) is 0. The van der Waals surface area contributed by atoms with Crippen molar-refractivity contribution in [1.29, 1.82) is 0 Å². The molecule has 1 heteroatoms. The first-order valence-electron chi connectivity index (χ1n) is 17.4. The number of rotatable bonds is 6. The molecule has 0 unspecified atom stereocenters. The predicted octanol–water partition coefficient (Wildman–Crippen LogP) is 13.6. The Labute approximate surface area is 294 Å². The van der Waals surface area contributed by atoms with Crippen LogP contribution >= 0.6 is 0 Å². The van der Waals surface area contributed by atoms with E-state index in [0.29, 0.717) is 0 Å². The Kier molecular flexibility index (Phi) is 7.21. The monoisotopic (exact) mass is 639 g/mol. The fourth-order valence-corrected chi connectivity index (χ4v) is 8.06. The van der Waals surface area contributed by atoms with Gasteiger partial charge >= 0.3 is 0 Å². The molecule has 238 valence electrons. The Balaban J connectivity index is 1.33. The van der Waals surface area contributed by atoms with Gasteiger partial charge in [0.15, 0.2) is 0 Å².